The van der Waals surface area contributed by atoms with E-state index in [2.05, 4.69) is 5.32 Å². The molecule has 118 valence electrons. The summed E-state index contributed by atoms with van der Waals surface area (Å²) in [6.07, 6.45) is 5.61. The van der Waals surface area contributed by atoms with Crippen LogP contribution in [0.2, 0.25) is 0 Å². The van der Waals surface area contributed by atoms with E-state index >= 15 is 0 Å². The quantitative estimate of drug-likeness (QED) is 0.824. The molecule has 2 N–H and O–H groups in total. The number of nitrogens with zero attached hydrogens (tertiary/aromatic N) is 1. The van der Waals surface area contributed by atoms with E-state index in [9.17, 15) is 9.59 Å². The van der Waals surface area contributed by atoms with Crippen molar-refractivity contribution in [1.29, 1.82) is 0 Å². The third-order valence-corrected chi connectivity index (χ3v) is 5.69. The van der Waals surface area contributed by atoms with E-state index in [0.29, 0.717) is 23.9 Å². The molecule has 21 heavy (non-hydrogen) atoms. The van der Waals surface area contributed by atoms with Gasteiger partial charge in [0.05, 0.1) is 5.92 Å². The number of amides is 1. The SMILES string of the molecule is CC(CC(=O)O)C1CCCN(C(=O)C2CC3CCC2N3)C1. The van der Waals surface area contributed by atoms with Gasteiger partial charge in [-0.05, 0) is 43.9 Å². The molecule has 0 spiro atoms. The Kier molecular flexibility index (Phi) is 4.20. The van der Waals surface area contributed by atoms with Crippen molar-refractivity contribution in [3.8, 4) is 0 Å². The molecule has 0 saturated carbocycles. The maximum Gasteiger partial charge on any atom is 0.303 e. The van der Waals surface area contributed by atoms with Crippen molar-refractivity contribution in [3.63, 3.8) is 0 Å². The van der Waals surface area contributed by atoms with Gasteiger partial charge in [0.15, 0.2) is 0 Å². The molecule has 0 aromatic heterocycles. The van der Waals surface area contributed by atoms with Crippen LogP contribution in [0.1, 0.15) is 45.4 Å². The number of nitrogens with one attached hydrogen (secondary N) is 1. The summed E-state index contributed by atoms with van der Waals surface area (Å²) in [6.45, 7) is 3.61. The topological polar surface area (TPSA) is 69.6 Å². The van der Waals surface area contributed by atoms with E-state index in [0.717, 1.165) is 38.8 Å². The van der Waals surface area contributed by atoms with Gasteiger partial charge >= 0.3 is 5.97 Å². The van der Waals surface area contributed by atoms with Gasteiger partial charge in [-0.3, -0.25) is 9.59 Å². The highest BCUT2D eigenvalue weighted by atomic mass is 16.4. The second-order valence-electron chi connectivity index (χ2n) is 7.15. The Morgan fingerprint density at radius 2 is 2.14 bits per heavy atom. The highest BCUT2D eigenvalue weighted by Gasteiger charge is 2.44. The number of carboxylic acid groups (broad SMARTS) is 1. The number of hydrogen-bond donors (Lipinski definition) is 2. The molecule has 3 saturated heterocycles. The van der Waals surface area contributed by atoms with Gasteiger partial charge in [0.25, 0.3) is 0 Å². The Morgan fingerprint density at radius 3 is 2.76 bits per heavy atom. The minimum absolute atomic E-state index is 0.149. The lowest BCUT2D eigenvalue weighted by Gasteiger charge is -2.37. The number of fused-ring (bicyclic) bond motifs is 2. The van der Waals surface area contributed by atoms with Crippen molar-refractivity contribution in [2.24, 2.45) is 17.8 Å². The molecule has 0 aromatic carbocycles. The van der Waals surface area contributed by atoms with Crippen molar-refractivity contribution < 1.29 is 14.7 Å². The van der Waals surface area contributed by atoms with E-state index in [4.69, 9.17) is 5.11 Å². The zero-order valence-corrected chi connectivity index (χ0v) is 12.8. The number of carboxylic acids is 1. The molecule has 3 heterocycles. The van der Waals surface area contributed by atoms with Crippen LogP contribution in [0.4, 0.5) is 0 Å². The maximum absolute atomic E-state index is 12.8. The van der Waals surface area contributed by atoms with Crippen molar-refractivity contribution in [1.82, 2.24) is 10.2 Å². The Labute approximate surface area is 126 Å². The molecule has 1 amide bonds. The highest BCUT2D eigenvalue weighted by molar-refractivity contribution is 5.80. The van der Waals surface area contributed by atoms with E-state index in [1.165, 1.54) is 6.42 Å². The van der Waals surface area contributed by atoms with Gasteiger partial charge in [0.1, 0.15) is 0 Å². The van der Waals surface area contributed by atoms with E-state index < -0.39 is 5.97 Å². The third kappa shape index (κ3) is 3.07. The summed E-state index contributed by atoms with van der Waals surface area (Å²) in [5, 5.41) is 12.5. The number of carbonyl (C=O) groups is 2. The molecule has 3 aliphatic rings. The van der Waals surface area contributed by atoms with Crippen LogP contribution in [-0.2, 0) is 9.59 Å². The van der Waals surface area contributed by atoms with Crippen LogP contribution in [0.15, 0.2) is 0 Å². The Balaban J connectivity index is 1.58. The highest BCUT2D eigenvalue weighted by Crippen LogP contribution is 2.35. The monoisotopic (exact) mass is 294 g/mol. The van der Waals surface area contributed by atoms with E-state index in [1.807, 2.05) is 11.8 Å². The second-order valence-corrected chi connectivity index (χ2v) is 7.15. The molecule has 5 unspecified atom stereocenters. The molecule has 5 atom stereocenters. The molecular formula is C16H26N2O3. The molecule has 3 aliphatic heterocycles. The fourth-order valence-corrected chi connectivity index (χ4v) is 4.45. The molecule has 0 aromatic rings. The number of likely N-dealkylation sites (tertiary alicyclic amines) is 1. The lowest BCUT2D eigenvalue weighted by Crippen LogP contribution is -2.47. The summed E-state index contributed by atoms with van der Waals surface area (Å²) in [7, 11) is 0. The summed E-state index contributed by atoms with van der Waals surface area (Å²) in [6, 6.07) is 0.940. The van der Waals surface area contributed by atoms with Crippen LogP contribution in [0, 0.1) is 17.8 Å². The molecular weight excluding hydrogens is 268 g/mol. The van der Waals surface area contributed by atoms with Crippen molar-refractivity contribution in [3.05, 3.63) is 0 Å². The first-order chi connectivity index (χ1) is 10.0. The molecule has 5 heteroatoms. The average molecular weight is 294 g/mol. The first kappa shape index (κ1) is 14.8. The molecule has 3 fully saturated rings. The second kappa shape index (κ2) is 5.95. The normalized spacial score (nSPS) is 36.7. The Bertz CT molecular complexity index is 426. The van der Waals surface area contributed by atoms with Gasteiger partial charge in [-0.25, -0.2) is 0 Å². The summed E-state index contributed by atoms with van der Waals surface area (Å²) in [5.41, 5.74) is 0. The summed E-state index contributed by atoms with van der Waals surface area (Å²) >= 11 is 0. The molecule has 0 aliphatic carbocycles. The number of aliphatic carboxylic acids is 1. The lowest BCUT2D eigenvalue weighted by atomic mass is 9.83. The van der Waals surface area contributed by atoms with Crippen LogP contribution in [0.3, 0.4) is 0 Å². The minimum atomic E-state index is -0.733. The number of piperidine rings is 1. The van der Waals surface area contributed by atoms with Crippen molar-refractivity contribution >= 4 is 11.9 Å². The number of rotatable bonds is 4. The summed E-state index contributed by atoms with van der Waals surface area (Å²) < 4.78 is 0. The number of hydrogen-bond acceptors (Lipinski definition) is 3. The van der Waals surface area contributed by atoms with Gasteiger partial charge in [-0.1, -0.05) is 6.92 Å². The Morgan fingerprint density at radius 1 is 1.33 bits per heavy atom. The van der Waals surface area contributed by atoms with E-state index in [1.54, 1.807) is 0 Å². The van der Waals surface area contributed by atoms with Gasteiger partial charge in [0.2, 0.25) is 5.91 Å². The summed E-state index contributed by atoms with van der Waals surface area (Å²) in [4.78, 5) is 25.6. The van der Waals surface area contributed by atoms with Crippen LogP contribution in [0.25, 0.3) is 0 Å². The van der Waals surface area contributed by atoms with E-state index in [-0.39, 0.29) is 18.3 Å². The predicted octanol–water partition coefficient (Wildman–Crippen LogP) is 1.48. The fourth-order valence-electron chi connectivity index (χ4n) is 4.45. The average Bonchev–Trinajstić information content (AvgIpc) is 3.08. The molecule has 3 rings (SSSR count). The first-order valence-corrected chi connectivity index (χ1v) is 8.31. The van der Waals surface area contributed by atoms with Crippen LogP contribution in [0.5, 0.6) is 0 Å². The largest absolute Gasteiger partial charge is 0.481 e. The fraction of sp³-hybridized carbons (Fsp3) is 0.875. The molecule has 2 bridgehead atoms. The lowest BCUT2D eigenvalue weighted by molar-refractivity contribution is -0.139. The van der Waals surface area contributed by atoms with Gasteiger partial charge in [-0.2, -0.15) is 0 Å². The number of carbonyl (C=O) groups excluding carboxylic acids is 1. The third-order valence-electron chi connectivity index (χ3n) is 5.69. The van der Waals surface area contributed by atoms with Crippen molar-refractivity contribution in [2.45, 2.75) is 57.5 Å². The van der Waals surface area contributed by atoms with Crippen molar-refractivity contribution in [2.75, 3.05) is 13.1 Å². The minimum Gasteiger partial charge on any atom is -0.481 e. The first-order valence-electron chi connectivity index (χ1n) is 8.31. The summed E-state index contributed by atoms with van der Waals surface area (Å²) in [5.74, 6) is 0.226. The molecule has 0 radical (unpaired) electrons. The zero-order chi connectivity index (χ0) is 15.0. The smallest absolute Gasteiger partial charge is 0.303 e. The Hall–Kier alpha value is -1.10. The van der Waals surface area contributed by atoms with Gasteiger partial charge < -0.3 is 15.3 Å². The van der Waals surface area contributed by atoms with Gasteiger partial charge in [-0.15, -0.1) is 0 Å². The maximum atomic E-state index is 12.8. The van der Waals surface area contributed by atoms with Crippen LogP contribution in [-0.4, -0.2) is 47.1 Å². The van der Waals surface area contributed by atoms with Crippen LogP contribution >= 0.6 is 0 Å². The molecule has 5 nitrogen and oxygen atoms in total. The standard InChI is InChI=1S/C16H26N2O3/c1-10(7-15(19)20)11-3-2-6-18(9-11)16(21)13-8-12-4-5-14(13)17-12/h10-14,17H,2-9H2,1H3,(H,19,20). The van der Waals surface area contributed by atoms with Crippen LogP contribution < -0.4 is 5.32 Å². The zero-order valence-electron chi connectivity index (χ0n) is 12.8. The van der Waals surface area contributed by atoms with Gasteiger partial charge in [0, 0.05) is 31.6 Å². The predicted molar refractivity (Wildman–Crippen MR) is 78.8 cm³/mol.